The van der Waals surface area contributed by atoms with Crippen LogP contribution < -0.4 is 20.1 Å². The van der Waals surface area contributed by atoms with E-state index in [4.69, 9.17) is 18.6 Å². The normalized spacial score (nSPS) is 15.8. The van der Waals surface area contributed by atoms with Crippen LogP contribution in [0.1, 0.15) is 17.6 Å². The largest absolute Gasteiger partial charge is 0.493 e. The molecule has 1 aliphatic rings. The monoisotopic (exact) mass is 530 g/mol. The summed E-state index contributed by atoms with van der Waals surface area (Å²) < 4.78 is 22.1. The second-order valence-electron chi connectivity index (χ2n) is 6.76. The summed E-state index contributed by atoms with van der Waals surface area (Å²) in [7, 11) is 4.98. The Labute approximate surface area is 195 Å². The van der Waals surface area contributed by atoms with Gasteiger partial charge in [-0.15, -0.1) is 24.0 Å². The molecule has 1 aliphatic heterocycles. The van der Waals surface area contributed by atoms with Gasteiger partial charge < -0.3 is 29.3 Å². The molecule has 0 amide bonds. The molecule has 1 atom stereocenters. The maximum absolute atomic E-state index is 5.93. The Morgan fingerprint density at radius 1 is 1.13 bits per heavy atom. The van der Waals surface area contributed by atoms with Crippen LogP contribution in [0.15, 0.2) is 39.7 Å². The number of furan rings is 1. The maximum atomic E-state index is 5.93. The number of methoxy groups -OCH3 is 2. The first-order valence-electron chi connectivity index (χ1n) is 9.72. The molecule has 0 bridgehead atoms. The van der Waals surface area contributed by atoms with Crippen LogP contribution in [0.3, 0.4) is 0 Å². The van der Waals surface area contributed by atoms with E-state index in [1.54, 1.807) is 21.3 Å². The molecule has 9 heteroatoms. The van der Waals surface area contributed by atoms with Gasteiger partial charge in [-0.2, -0.15) is 0 Å². The number of nitrogens with zero attached hydrogens (tertiary/aromatic N) is 2. The SMILES string of the molecule is CN=C(NCC(c1ccc(C)o1)N1CCOCC1)Nc1ccc(OC)c(OC)c1.I. The molecular formula is C21H31IN4O4. The van der Waals surface area contributed by atoms with Gasteiger partial charge in [0.25, 0.3) is 0 Å². The fourth-order valence-electron chi connectivity index (χ4n) is 3.35. The average Bonchev–Trinajstić information content (AvgIpc) is 3.19. The topological polar surface area (TPSA) is 80.5 Å². The fraction of sp³-hybridized carbons (Fsp3) is 0.476. The van der Waals surface area contributed by atoms with Crippen molar-refractivity contribution in [1.29, 1.82) is 0 Å². The van der Waals surface area contributed by atoms with Crippen LogP contribution in [0, 0.1) is 6.92 Å². The molecule has 2 aromatic rings. The zero-order chi connectivity index (χ0) is 20.6. The Morgan fingerprint density at radius 3 is 2.47 bits per heavy atom. The third-order valence-corrected chi connectivity index (χ3v) is 4.91. The maximum Gasteiger partial charge on any atom is 0.195 e. The van der Waals surface area contributed by atoms with Gasteiger partial charge in [-0.25, -0.2) is 0 Å². The van der Waals surface area contributed by atoms with Crippen molar-refractivity contribution in [2.45, 2.75) is 13.0 Å². The second-order valence-corrected chi connectivity index (χ2v) is 6.76. The van der Waals surface area contributed by atoms with Gasteiger partial charge in [0.2, 0.25) is 0 Å². The van der Waals surface area contributed by atoms with Crippen LogP contribution >= 0.6 is 24.0 Å². The Morgan fingerprint density at radius 2 is 1.87 bits per heavy atom. The molecule has 166 valence electrons. The molecule has 0 spiro atoms. The van der Waals surface area contributed by atoms with E-state index in [0.717, 1.165) is 43.5 Å². The Hall–Kier alpha value is -1.98. The molecule has 3 rings (SSSR count). The smallest absolute Gasteiger partial charge is 0.195 e. The lowest BCUT2D eigenvalue weighted by Gasteiger charge is -2.33. The minimum absolute atomic E-state index is 0. The Bertz CT molecular complexity index is 821. The molecule has 2 heterocycles. The molecule has 1 unspecified atom stereocenters. The summed E-state index contributed by atoms with van der Waals surface area (Å²) in [6.45, 7) is 5.82. The molecule has 30 heavy (non-hydrogen) atoms. The number of guanidine groups is 1. The summed E-state index contributed by atoms with van der Waals surface area (Å²) in [6, 6.07) is 9.79. The minimum Gasteiger partial charge on any atom is -0.493 e. The van der Waals surface area contributed by atoms with Gasteiger partial charge in [-0.3, -0.25) is 9.89 Å². The predicted molar refractivity (Wildman–Crippen MR) is 129 cm³/mol. The van der Waals surface area contributed by atoms with E-state index in [-0.39, 0.29) is 30.0 Å². The molecule has 1 aromatic carbocycles. The highest BCUT2D eigenvalue weighted by molar-refractivity contribution is 14.0. The first kappa shape index (κ1) is 24.3. The first-order chi connectivity index (χ1) is 14.1. The number of anilines is 1. The van der Waals surface area contributed by atoms with Gasteiger partial charge in [0.1, 0.15) is 11.5 Å². The van der Waals surface area contributed by atoms with Gasteiger partial charge in [0, 0.05) is 38.4 Å². The van der Waals surface area contributed by atoms with Crippen molar-refractivity contribution < 1.29 is 18.6 Å². The van der Waals surface area contributed by atoms with Crippen molar-refractivity contribution in [3.05, 3.63) is 41.9 Å². The molecule has 2 N–H and O–H groups in total. The molecule has 1 aromatic heterocycles. The summed E-state index contributed by atoms with van der Waals surface area (Å²) in [5.74, 6) is 3.86. The van der Waals surface area contributed by atoms with E-state index >= 15 is 0 Å². The molecule has 8 nitrogen and oxygen atoms in total. The van der Waals surface area contributed by atoms with E-state index in [0.29, 0.717) is 24.0 Å². The molecule has 0 radical (unpaired) electrons. The third-order valence-electron chi connectivity index (χ3n) is 4.91. The van der Waals surface area contributed by atoms with E-state index in [1.165, 1.54) is 0 Å². The standard InChI is InChI=1S/C21H30N4O4.HI/c1-15-5-7-18(29-15)17(25-9-11-28-12-10-25)14-23-21(22-2)24-16-6-8-19(26-3)20(13-16)27-4;/h5-8,13,17H,9-12,14H2,1-4H3,(H2,22,23,24);1H. The van der Waals surface area contributed by atoms with Gasteiger partial charge in [0.05, 0.1) is 33.5 Å². The lowest BCUT2D eigenvalue weighted by Crippen LogP contribution is -2.44. The van der Waals surface area contributed by atoms with E-state index in [1.807, 2.05) is 37.3 Å². The number of benzene rings is 1. The zero-order valence-electron chi connectivity index (χ0n) is 17.9. The van der Waals surface area contributed by atoms with Crippen LogP contribution in [0.2, 0.25) is 0 Å². The van der Waals surface area contributed by atoms with Crippen molar-refractivity contribution in [3.63, 3.8) is 0 Å². The number of halogens is 1. The van der Waals surface area contributed by atoms with Crippen molar-refractivity contribution in [2.75, 3.05) is 59.4 Å². The van der Waals surface area contributed by atoms with Crippen molar-refractivity contribution in [3.8, 4) is 11.5 Å². The number of rotatable bonds is 7. The lowest BCUT2D eigenvalue weighted by molar-refractivity contribution is 0.0125. The van der Waals surface area contributed by atoms with E-state index < -0.39 is 0 Å². The van der Waals surface area contributed by atoms with Crippen LogP contribution in [0.25, 0.3) is 0 Å². The summed E-state index contributed by atoms with van der Waals surface area (Å²) in [4.78, 5) is 6.72. The van der Waals surface area contributed by atoms with Gasteiger partial charge in [0.15, 0.2) is 17.5 Å². The summed E-state index contributed by atoms with van der Waals surface area (Å²) in [6.07, 6.45) is 0. The first-order valence-corrected chi connectivity index (χ1v) is 9.72. The van der Waals surface area contributed by atoms with Gasteiger partial charge in [-0.1, -0.05) is 0 Å². The van der Waals surface area contributed by atoms with Crippen LogP contribution in [0.5, 0.6) is 11.5 Å². The number of hydrogen-bond donors (Lipinski definition) is 2. The summed E-state index contributed by atoms with van der Waals surface area (Å²) in [5, 5.41) is 6.71. The highest BCUT2D eigenvalue weighted by Gasteiger charge is 2.25. The number of morpholine rings is 1. The molecule has 0 saturated carbocycles. The van der Waals surface area contributed by atoms with Gasteiger partial charge in [-0.05, 0) is 31.2 Å². The van der Waals surface area contributed by atoms with Crippen LogP contribution in [-0.4, -0.2) is 65.0 Å². The summed E-state index contributed by atoms with van der Waals surface area (Å²) >= 11 is 0. The highest BCUT2D eigenvalue weighted by atomic mass is 127. The number of aryl methyl sites for hydroxylation is 1. The number of nitrogens with one attached hydrogen (secondary N) is 2. The van der Waals surface area contributed by atoms with Crippen LogP contribution in [-0.2, 0) is 4.74 Å². The molecular weight excluding hydrogens is 499 g/mol. The Balaban J connectivity index is 0.00000320. The minimum atomic E-state index is 0. The molecule has 0 aliphatic carbocycles. The fourth-order valence-corrected chi connectivity index (χ4v) is 3.35. The zero-order valence-corrected chi connectivity index (χ0v) is 20.3. The quantitative estimate of drug-likeness (QED) is 0.323. The lowest BCUT2D eigenvalue weighted by atomic mass is 10.1. The molecule has 1 saturated heterocycles. The second kappa shape index (κ2) is 12.0. The van der Waals surface area contributed by atoms with E-state index in [9.17, 15) is 0 Å². The van der Waals surface area contributed by atoms with Crippen molar-refractivity contribution in [1.82, 2.24) is 10.2 Å². The third kappa shape index (κ3) is 6.26. The Kier molecular flexibility index (Phi) is 9.73. The highest BCUT2D eigenvalue weighted by Crippen LogP contribution is 2.29. The van der Waals surface area contributed by atoms with E-state index in [2.05, 4.69) is 20.5 Å². The van der Waals surface area contributed by atoms with Crippen molar-refractivity contribution >= 4 is 35.6 Å². The molecule has 1 fully saturated rings. The number of aliphatic imine (C=N–C) groups is 1. The predicted octanol–water partition coefficient (Wildman–Crippen LogP) is 3.28. The summed E-state index contributed by atoms with van der Waals surface area (Å²) in [5.41, 5.74) is 0.854. The van der Waals surface area contributed by atoms with Gasteiger partial charge >= 0.3 is 0 Å². The number of hydrogen-bond acceptors (Lipinski definition) is 6. The van der Waals surface area contributed by atoms with Crippen molar-refractivity contribution in [2.24, 2.45) is 4.99 Å². The van der Waals surface area contributed by atoms with Crippen LogP contribution in [0.4, 0.5) is 5.69 Å². The number of ether oxygens (including phenoxy) is 3. The average molecular weight is 530 g/mol.